The molecule has 8 heteroatoms. The monoisotopic (exact) mass is 403 g/mol. The van der Waals surface area contributed by atoms with Crippen LogP contribution in [0.4, 0.5) is 5.69 Å². The van der Waals surface area contributed by atoms with Crippen molar-refractivity contribution in [1.29, 1.82) is 0 Å². The summed E-state index contributed by atoms with van der Waals surface area (Å²) in [5, 5.41) is 2.43. The van der Waals surface area contributed by atoms with Gasteiger partial charge in [-0.2, -0.15) is 0 Å². The molecule has 0 aliphatic heterocycles. The van der Waals surface area contributed by atoms with E-state index >= 15 is 0 Å². The molecule has 0 saturated heterocycles. The molecule has 7 nitrogen and oxygen atoms in total. The number of para-hydroxylation sites is 2. The third-order valence-corrected chi connectivity index (χ3v) is 4.68. The van der Waals surface area contributed by atoms with Gasteiger partial charge in [0.2, 0.25) is 0 Å². The number of anilines is 1. The Morgan fingerprint density at radius 3 is 2.46 bits per heavy atom. The molecule has 0 fully saturated rings. The van der Waals surface area contributed by atoms with Crippen molar-refractivity contribution in [3.8, 4) is 5.75 Å². The summed E-state index contributed by atoms with van der Waals surface area (Å²) in [4.78, 5) is 23.8. The first-order valence-electron chi connectivity index (χ1n) is 8.47. The minimum absolute atomic E-state index is 0.0119. The number of nitrogens with one attached hydrogen (secondary N) is 1. The molecule has 0 atom stereocenters. The summed E-state index contributed by atoms with van der Waals surface area (Å²) in [7, 11) is -3.50. The van der Waals surface area contributed by atoms with Gasteiger partial charge in [-0.05, 0) is 31.2 Å². The number of benzene rings is 2. The lowest BCUT2D eigenvalue weighted by molar-refractivity contribution is -0.142. The van der Waals surface area contributed by atoms with Crippen molar-refractivity contribution in [3.05, 3.63) is 60.2 Å². The van der Waals surface area contributed by atoms with E-state index in [0.29, 0.717) is 17.9 Å². The molecule has 1 amide bonds. The molecule has 0 radical (unpaired) electrons. The van der Waals surface area contributed by atoms with Crippen molar-refractivity contribution in [2.45, 2.75) is 11.8 Å². The molecule has 0 aliphatic carbocycles. The van der Waals surface area contributed by atoms with Gasteiger partial charge in [0, 0.05) is 17.9 Å². The Balaban J connectivity index is 1.94. The lowest BCUT2D eigenvalue weighted by Gasteiger charge is -2.09. The first-order chi connectivity index (χ1) is 13.3. The number of amides is 1. The quantitative estimate of drug-likeness (QED) is 0.537. The zero-order chi connectivity index (χ0) is 20.6. The predicted molar refractivity (Wildman–Crippen MR) is 106 cm³/mol. The number of hydrogen-bond acceptors (Lipinski definition) is 6. The molecular formula is C20H21NO6S. The largest absolute Gasteiger partial charge is 0.493 e. The topological polar surface area (TPSA) is 98.8 Å². The molecule has 0 bridgehead atoms. The zero-order valence-corrected chi connectivity index (χ0v) is 16.4. The summed E-state index contributed by atoms with van der Waals surface area (Å²) >= 11 is 0. The molecular weight excluding hydrogens is 382 g/mol. The molecule has 0 aliphatic rings. The van der Waals surface area contributed by atoms with Gasteiger partial charge in [0.15, 0.2) is 16.4 Å². The second-order valence-electron chi connectivity index (χ2n) is 5.73. The van der Waals surface area contributed by atoms with Gasteiger partial charge in [-0.15, -0.1) is 0 Å². The van der Waals surface area contributed by atoms with Crippen LogP contribution in [-0.4, -0.2) is 39.8 Å². The van der Waals surface area contributed by atoms with E-state index in [1.54, 1.807) is 30.3 Å². The van der Waals surface area contributed by atoms with Gasteiger partial charge < -0.3 is 14.8 Å². The van der Waals surface area contributed by atoms with Crippen LogP contribution in [0.15, 0.2) is 59.5 Å². The molecule has 1 N–H and O–H groups in total. The van der Waals surface area contributed by atoms with Crippen molar-refractivity contribution >= 4 is 33.5 Å². The normalized spacial score (nSPS) is 11.2. The van der Waals surface area contributed by atoms with E-state index in [1.807, 2.05) is 13.0 Å². The number of hydrogen-bond donors (Lipinski definition) is 1. The molecule has 2 aromatic rings. The van der Waals surface area contributed by atoms with Crippen molar-refractivity contribution in [2.24, 2.45) is 0 Å². The molecule has 28 heavy (non-hydrogen) atoms. The van der Waals surface area contributed by atoms with E-state index in [1.165, 1.54) is 24.3 Å². The highest BCUT2D eigenvalue weighted by Gasteiger charge is 2.15. The van der Waals surface area contributed by atoms with Gasteiger partial charge in [-0.1, -0.05) is 30.3 Å². The Labute approximate surface area is 163 Å². The molecule has 148 valence electrons. The minimum atomic E-state index is -3.50. The number of rotatable bonds is 8. The van der Waals surface area contributed by atoms with Crippen LogP contribution in [0.2, 0.25) is 0 Å². The molecule has 0 heterocycles. The third kappa shape index (κ3) is 6.24. The molecule has 0 saturated carbocycles. The van der Waals surface area contributed by atoms with Gasteiger partial charge in [-0.3, -0.25) is 4.79 Å². The van der Waals surface area contributed by atoms with Gasteiger partial charge >= 0.3 is 5.97 Å². The molecule has 0 unspecified atom stereocenters. The van der Waals surface area contributed by atoms with Gasteiger partial charge in [0.25, 0.3) is 5.91 Å². The van der Waals surface area contributed by atoms with E-state index in [2.05, 4.69) is 5.32 Å². The Kier molecular flexibility index (Phi) is 7.34. The van der Waals surface area contributed by atoms with Crippen LogP contribution in [-0.2, 0) is 24.2 Å². The Morgan fingerprint density at radius 1 is 1.07 bits per heavy atom. The summed E-state index contributed by atoms with van der Waals surface area (Å²) in [6.45, 7) is 1.80. The van der Waals surface area contributed by atoms with Gasteiger partial charge in [0.1, 0.15) is 5.75 Å². The smallest absolute Gasteiger partial charge is 0.331 e. The summed E-state index contributed by atoms with van der Waals surface area (Å²) in [6, 6.07) is 13.2. The maximum Gasteiger partial charge on any atom is 0.331 e. The average molecular weight is 403 g/mol. The van der Waals surface area contributed by atoms with Crippen molar-refractivity contribution < 1.29 is 27.5 Å². The molecule has 2 aromatic carbocycles. The van der Waals surface area contributed by atoms with E-state index in [4.69, 9.17) is 9.47 Å². The van der Waals surface area contributed by atoms with E-state index in [-0.39, 0.29) is 10.6 Å². The van der Waals surface area contributed by atoms with Crippen LogP contribution >= 0.6 is 0 Å². The fourth-order valence-corrected chi connectivity index (χ4v) is 3.17. The lowest BCUT2D eigenvalue weighted by atomic mass is 10.2. The van der Waals surface area contributed by atoms with Crippen LogP contribution in [0.3, 0.4) is 0 Å². The Hall–Kier alpha value is -3.13. The van der Waals surface area contributed by atoms with Crippen LogP contribution in [0.1, 0.15) is 12.5 Å². The highest BCUT2D eigenvalue weighted by molar-refractivity contribution is 7.90. The van der Waals surface area contributed by atoms with Crippen LogP contribution < -0.4 is 10.1 Å². The van der Waals surface area contributed by atoms with E-state index < -0.39 is 28.3 Å². The van der Waals surface area contributed by atoms with E-state index in [0.717, 1.165) is 6.26 Å². The maximum atomic E-state index is 12.0. The first-order valence-corrected chi connectivity index (χ1v) is 10.4. The van der Waals surface area contributed by atoms with Crippen LogP contribution in [0.25, 0.3) is 6.08 Å². The molecule has 2 rings (SSSR count). The highest BCUT2D eigenvalue weighted by Crippen LogP contribution is 2.21. The lowest BCUT2D eigenvalue weighted by Crippen LogP contribution is -2.21. The number of sulfone groups is 1. The Morgan fingerprint density at radius 2 is 1.75 bits per heavy atom. The third-order valence-electron chi connectivity index (χ3n) is 3.52. The number of carbonyl (C=O) groups is 2. The molecule has 0 spiro atoms. The fraction of sp³-hybridized carbons (Fsp3) is 0.200. The second kappa shape index (κ2) is 9.70. The molecule has 0 aromatic heterocycles. The van der Waals surface area contributed by atoms with Crippen molar-refractivity contribution in [2.75, 3.05) is 24.8 Å². The van der Waals surface area contributed by atoms with Crippen molar-refractivity contribution in [3.63, 3.8) is 0 Å². The van der Waals surface area contributed by atoms with E-state index in [9.17, 15) is 18.0 Å². The number of esters is 1. The standard InChI is InChI=1S/C20H21NO6S/c1-3-26-17-10-6-4-8-15(17)12-13-20(23)27-14-19(22)21-16-9-5-7-11-18(16)28(2,24)25/h4-13H,3,14H2,1-2H3,(H,21,22)/b13-12+. The first kappa shape index (κ1) is 21.2. The van der Waals surface area contributed by atoms with Crippen LogP contribution in [0.5, 0.6) is 5.75 Å². The minimum Gasteiger partial charge on any atom is -0.493 e. The summed E-state index contributed by atoms with van der Waals surface area (Å²) in [6.07, 6.45) is 3.77. The number of carbonyl (C=O) groups excluding carboxylic acids is 2. The highest BCUT2D eigenvalue weighted by atomic mass is 32.2. The van der Waals surface area contributed by atoms with Crippen LogP contribution in [0, 0.1) is 0 Å². The summed E-state index contributed by atoms with van der Waals surface area (Å²) < 4.78 is 33.8. The SMILES string of the molecule is CCOc1ccccc1/C=C/C(=O)OCC(=O)Nc1ccccc1S(C)(=O)=O. The fourth-order valence-electron chi connectivity index (χ4n) is 2.33. The second-order valence-corrected chi connectivity index (χ2v) is 7.71. The maximum absolute atomic E-state index is 12.0. The Bertz CT molecular complexity index is 982. The zero-order valence-electron chi connectivity index (χ0n) is 15.5. The average Bonchev–Trinajstić information content (AvgIpc) is 2.65. The number of ether oxygens (including phenoxy) is 2. The van der Waals surface area contributed by atoms with Gasteiger partial charge in [-0.25, -0.2) is 13.2 Å². The summed E-state index contributed by atoms with van der Waals surface area (Å²) in [5.74, 6) is -0.727. The van der Waals surface area contributed by atoms with Gasteiger partial charge in [0.05, 0.1) is 17.2 Å². The predicted octanol–water partition coefficient (Wildman–Crippen LogP) is 2.68. The summed E-state index contributed by atoms with van der Waals surface area (Å²) in [5.41, 5.74) is 0.833. The van der Waals surface area contributed by atoms with Crippen molar-refractivity contribution in [1.82, 2.24) is 0 Å².